The van der Waals surface area contributed by atoms with Gasteiger partial charge in [0.25, 0.3) is 0 Å². The quantitative estimate of drug-likeness (QED) is 0.599. The number of unbranched alkanes of at least 4 members (excludes halogenated alkanes) is 1. The van der Waals surface area contributed by atoms with Gasteiger partial charge in [0.1, 0.15) is 5.82 Å². The third-order valence-electron chi connectivity index (χ3n) is 4.28. The van der Waals surface area contributed by atoms with Crippen molar-refractivity contribution in [1.29, 1.82) is 0 Å². The van der Waals surface area contributed by atoms with Crippen LogP contribution in [0.2, 0.25) is 0 Å². The first-order chi connectivity index (χ1) is 10.1. The van der Waals surface area contributed by atoms with Gasteiger partial charge >= 0.3 is 0 Å². The van der Waals surface area contributed by atoms with Gasteiger partial charge in [-0.15, -0.1) is 0 Å². The Morgan fingerprint density at radius 2 is 1.86 bits per heavy atom. The largest absolute Gasteiger partial charge is 0.314 e. The van der Waals surface area contributed by atoms with E-state index in [1.54, 1.807) is 12.1 Å². The van der Waals surface area contributed by atoms with Crippen LogP contribution in [-0.4, -0.2) is 12.6 Å². The molecule has 0 saturated heterocycles. The minimum atomic E-state index is -0.0570. The summed E-state index contributed by atoms with van der Waals surface area (Å²) >= 11 is 0. The van der Waals surface area contributed by atoms with Crippen LogP contribution >= 0.6 is 0 Å². The zero-order valence-corrected chi connectivity index (χ0v) is 14.2. The van der Waals surface area contributed by atoms with Gasteiger partial charge in [0, 0.05) is 12.6 Å². The minimum absolute atomic E-state index is 0.0570. The van der Waals surface area contributed by atoms with Crippen molar-refractivity contribution >= 4 is 0 Å². The molecule has 1 aromatic carbocycles. The van der Waals surface area contributed by atoms with Gasteiger partial charge in [0.2, 0.25) is 0 Å². The summed E-state index contributed by atoms with van der Waals surface area (Å²) in [5.74, 6) is 0.914. The van der Waals surface area contributed by atoms with Crippen molar-refractivity contribution in [3.63, 3.8) is 0 Å². The fourth-order valence-corrected chi connectivity index (χ4v) is 2.89. The number of hydrogen-bond donors (Lipinski definition) is 1. The van der Waals surface area contributed by atoms with Gasteiger partial charge in [-0.3, -0.25) is 0 Å². The molecule has 1 aromatic rings. The van der Waals surface area contributed by atoms with Gasteiger partial charge < -0.3 is 5.32 Å². The van der Waals surface area contributed by atoms with Gasteiger partial charge in [-0.25, -0.2) is 4.39 Å². The average Bonchev–Trinajstić information content (AvgIpc) is 2.47. The Bertz CT molecular complexity index is 389. The number of halogens is 1. The molecule has 0 saturated carbocycles. The highest BCUT2D eigenvalue weighted by molar-refractivity contribution is 5.22. The lowest BCUT2D eigenvalue weighted by Crippen LogP contribution is -2.29. The highest BCUT2D eigenvalue weighted by Crippen LogP contribution is 2.29. The molecular weight excluding hydrogens is 261 g/mol. The van der Waals surface area contributed by atoms with E-state index in [1.165, 1.54) is 25.7 Å². The smallest absolute Gasteiger partial charge is 0.126 e. The van der Waals surface area contributed by atoms with E-state index in [2.05, 4.69) is 33.0 Å². The molecule has 0 fully saturated rings. The molecule has 0 amide bonds. The summed E-state index contributed by atoms with van der Waals surface area (Å²) in [7, 11) is 0. The molecule has 2 unspecified atom stereocenters. The van der Waals surface area contributed by atoms with Crippen LogP contribution < -0.4 is 5.32 Å². The Morgan fingerprint density at radius 3 is 2.43 bits per heavy atom. The summed E-state index contributed by atoms with van der Waals surface area (Å²) in [6.45, 7) is 9.65. The van der Waals surface area contributed by atoms with E-state index >= 15 is 0 Å². The Kier molecular flexibility index (Phi) is 8.60. The first-order valence-corrected chi connectivity index (χ1v) is 8.56. The fraction of sp³-hybridized carbons (Fsp3) is 0.684. The molecular formula is C19H32FN. The van der Waals surface area contributed by atoms with Gasteiger partial charge in [-0.2, -0.15) is 0 Å². The standard InChI is InChI=1S/C19H32FN/c1-5-7-10-16(6-2)13-17(14-21-15(3)4)18-11-8-9-12-19(18)20/h8-9,11-12,15-17,21H,5-7,10,13-14H2,1-4H3. The normalized spacial score (nSPS) is 14.4. The molecule has 1 N–H and O–H groups in total. The van der Waals surface area contributed by atoms with Crippen LogP contribution in [0.1, 0.15) is 71.3 Å². The minimum Gasteiger partial charge on any atom is -0.314 e. The summed E-state index contributed by atoms with van der Waals surface area (Å²) in [6, 6.07) is 7.71. The highest BCUT2D eigenvalue weighted by atomic mass is 19.1. The maximum atomic E-state index is 14.1. The Labute approximate surface area is 130 Å². The molecule has 0 aliphatic carbocycles. The van der Waals surface area contributed by atoms with Crippen LogP contribution in [0.15, 0.2) is 24.3 Å². The number of benzene rings is 1. The van der Waals surface area contributed by atoms with E-state index in [-0.39, 0.29) is 11.7 Å². The first-order valence-electron chi connectivity index (χ1n) is 8.56. The van der Waals surface area contributed by atoms with Crippen molar-refractivity contribution in [3.05, 3.63) is 35.6 Å². The van der Waals surface area contributed by atoms with Gasteiger partial charge in [0.05, 0.1) is 0 Å². The predicted molar refractivity (Wildman–Crippen MR) is 90.2 cm³/mol. The van der Waals surface area contributed by atoms with E-state index in [4.69, 9.17) is 0 Å². The number of rotatable bonds is 10. The van der Waals surface area contributed by atoms with Crippen LogP contribution in [0.4, 0.5) is 4.39 Å². The predicted octanol–water partition coefficient (Wildman–Crippen LogP) is 5.51. The van der Waals surface area contributed by atoms with Crippen LogP contribution in [0.25, 0.3) is 0 Å². The lowest BCUT2D eigenvalue weighted by molar-refractivity contribution is 0.365. The molecule has 0 radical (unpaired) electrons. The monoisotopic (exact) mass is 293 g/mol. The summed E-state index contributed by atoms with van der Waals surface area (Å²) in [4.78, 5) is 0. The van der Waals surface area contributed by atoms with Gasteiger partial charge in [-0.05, 0) is 29.9 Å². The van der Waals surface area contributed by atoms with E-state index in [9.17, 15) is 4.39 Å². The maximum absolute atomic E-state index is 14.1. The topological polar surface area (TPSA) is 12.0 Å². The van der Waals surface area contributed by atoms with E-state index in [1.807, 2.05) is 12.1 Å². The van der Waals surface area contributed by atoms with E-state index < -0.39 is 0 Å². The molecule has 0 aliphatic heterocycles. The zero-order valence-electron chi connectivity index (χ0n) is 14.2. The molecule has 21 heavy (non-hydrogen) atoms. The Balaban J connectivity index is 2.78. The highest BCUT2D eigenvalue weighted by Gasteiger charge is 2.19. The molecule has 1 rings (SSSR count). The van der Waals surface area contributed by atoms with Crippen molar-refractivity contribution in [2.24, 2.45) is 5.92 Å². The summed E-state index contributed by atoms with van der Waals surface area (Å²) in [5.41, 5.74) is 0.876. The molecule has 2 atom stereocenters. The molecule has 1 nitrogen and oxygen atoms in total. The SMILES string of the molecule is CCCCC(CC)CC(CNC(C)C)c1ccccc1F. The lowest BCUT2D eigenvalue weighted by atomic mass is 9.84. The molecule has 0 bridgehead atoms. The maximum Gasteiger partial charge on any atom is 0.126 e. The fourth-order valence-electron chi connectivity index (χ4n) is 2.89. The number of nitrogens with one attached hydrogen (secondary N) is 1. The second kappa shape index (κ2) is 9.94. The van der Waals surface area contributed by atoms with Gasteiger partial charge in [-0.1, -0.05) is 71.6 Å². The molecule has 0 heterocycles. The summed E-state index contributed by atoms with van der Waals surface area (Å²) in [6.07, 6.45) is 6.05. The van der Waals surface area contributed by atoms with E-state index in [0.717, 1.165) is 18.5 Å². The van der Waals surface area contributed by atoms with Crippen LogP contribution in [0.5, 0.6) is 0 Å². The number of hydrogen-bond acceptors (Lipinski definition) is 1. The second-order valence-corrected chi connectivity index (χ2v) is 6.43. The summed E-state index contributed by atoms with van der Waals surface area (Å²) < 4.78 is 14.1. The van der Waals surface area contributed by atoms with Crippen molar-refractivity contribution in [2.75, 3.05) is 6.54 Å². The van der Waals surface area contributed by atoms with Crippen LogP contribution in [-0.2, 0) is 0 Å². The van der Waals surface area contributed by atoms with Crippen LogP contribution in [0.3, 0.4) is 0 Å². The van der Waals surface area contributed by atoms with Crippen molar-refractivity contribution in [3.8, 4) is 0 Å². The Morgan fingerprint density at radius 1 is 1.14 bits per heavy atom. The zero-order chi connectivity index (χ0) is 15.7. The third kappa shape index (κ3) is 6.60. The van der Waals surface area contributed by atoms with Crippen molar-refractivity contribution in [1.82, 2.24) is 5.32 Å². The lowest BCUT2D eigenvalue weighted by Gasteiger charge is -2.25. The molecule has 120 valence electrons. The van der Waals surface area contributed by atoms with Crippen molar-refractivity contribution < 1.29 is 4.39 Å². The Hall–Kier alpha value is -0.890. The molecule has 0 aromatic heterocycles. The second-order valence-electron chi connectivity index (χ2n) is 6.43. The molecule has 0 aliphatic rings. The van der Waals surface area contributed by atoms with E-state index in [0.29, 0.717) is 12.0 Å². The first kappa shape index (κ1) is 18.2. The van der Waals surface area contributed by atoms with Crippen molar-refractivity contribution in [2.45, 2.75) is 71.8 Å². The third-order valence-corrected chi connectivity index (χ3v) is 4.28. The average molecular weight is 293 g/mol. The molecule has 2 heteroatoms. The molecule has 0 spiro atoms. The van der Waals surface area contributed by atoms with Crippen LogP contribution in [0, 0.1) is 11.7 Å². The van der Waals surface area contributed by atoms with Gasteiger partial charge in [0.15, 0.2) is 0 Å². The summed E-state index contributed by atoms with van der Waals surface area (Å²) in [5, 5.41) is 3.49.